The van der Waals surface area contributed by atoms with Gasteiger partial charge in [0.2, 0.25) is 0 Å². The molecular weight excluding hydrogens is 1380 g/mol. The summed E-state index contributed by atoms with van der Waals surface area (Å²) in [6.45, 7) is 6.70. The van der Waals surface area contributed by atoms with Crippen LogP contribution in [0.15, 0.2) is 425 Å². The lowest BCUT2D eigenvalue weighted by Crippen LogP contribution is -2.78. The van der Waals surface area contributed by atoms with Crippen LogP contribution in [-0.2, 0) is 5.41 Å². The number of nitrogens with zero attached hydrogens (tertiary/aromatic N) is 2. The molecule has 0 unspecified atom stereocenters. The van der Waals surface area contributed by atoms with Gasteiger partial charge >= 0.3 is 0 Å². The maximum atomic E-state index is 8.04. The van der Waals surface area contributed by atoms with E-state index in [1.807, 2.05) is 0 Å². The molecule has 0 N–H and O–H groups in total. The number of anilines is 3. The zero-order valence-corrected chi connectivity index (χ0v) is 64.8. The van der Waals surface area contributed by atoms with Crippen LogP contribution in [0.1, 0.15) is 26.3 Å². The van der Waals surface area contributed by atoms with Crippen LogP contribution in [0, 0.1) is 0 Å². The first-order chi connectivity index (χ1) is 55.2. The molecule has 0 amide bonds. The maximum Gasteiger partial charge on any atom is 0.256 e. The van der Waals surface area contributed by atoms with E-state index in [-0.39, 0.29) is 12.1 Å². The SMILES string of the molecule is CC(C)(C)c1ccc(N2c3ccc(-c4ccccc4)cc3B3c4ccc(-c5cc([Si](c6ccccc6)(c6ccccc6)c6cccc(-c7ccccc7)c6)cc([Si](c6ccccc6)(c6ccccc6)c6cccc(-c7ccccc7)c6)c5)cc4Oc4cc(-n5c6ccccc6c6ccccc65)cc2c43)c(-c2ccccc2)c1. The van der Waals surface area contributed by atoms with Crippen molar-refractivity contribution in [3.05, 3.63) is 430 Å². The van der Waals surface area contributed by atoms with Crippen LogP contribution in [0.3, 0.4) is 0 Å². The third kappa shape index (κ3) is 11.5. The molecule has 0 saturated carbocycles. The smallest absolute Gasteiger partial charge is 0.256 e. The fraction of sp³-hybridized carbons (Fsp3) is 0.0377. The van der Waals surface area contributed by atoms with Crippen molar-refractivity contribution >= 4 is 120 Å². The number of hydrogen-bond acceptors (Lipinski definition) is 2. The van der Waals surface area contributed by atoms with Crippen LogP contribution in [0.25, 0.3) is 83.1 Å². The summed E-state index contributed by atoms with van der Waals surface area (Å²) < 4.78 is 10.5. The molecule has 6 heteroatoms. The van der Waals surface area contributed by atoms with E-state index >= 15 is 0 Å². The first kappa shape index (κ1) is 68.0. The van der Waals surface area contributed by atoms with Crippen LogP contribution in [0.5, 0.6) is 11.5 Å². The number of aromatic nitrogens is 1. The van der Waals surface area contributed by atoms with E-state index in [1.165, 1.54) is 85.5 Å². The molecule has 17 aromatic carbocycles. The second-order valence-electron chi connectivity index (χ2n) is 31.0. The molecule has 0 atom stereocenters. The van der Waals surface area contributed by atoms with Crippen molar-refractivity contribution in [2.45, 2.75) is 26.2 Å². The molecule has 0 spiro atoms. The molecule has 2 aliphatic heterocycles. The van der Waals surface area contributed by atoms with Crippen LogP contribution in [-0.4, -0.2) is 27.4 Å². The summed E-state index contributed by atoms with van der Waals surface area (Å²) in [7, 11) is -6.86. The van der Waals surface area contributed by atoms with Crippen molar-refractivity contribution in [2.75, 3.05) is 4.90 Å². The summed E-state index contributed by atoms with van der Waals surface area (Å²) in [4.78, 5) is 2.57. The van der Waals surface area contributed by atoms with Crippen LogP contribution >= 0.6 is 0 Å². The topological polar surface area (TPSA) is 17.4 Å². The van der Waals surface area contributed by atoms with Gasteiger partial charge in [-0.25, -0.2) is 0 Å². The minimum absolute atomic E-state index is 0.112. The van der Waals surface area contributed by atoms with Crippen LogP contribution in [0.2, 0.25) is 0 Å². The number of para-hydroxylation sites is 2. The van der Waals surface area contributed by atoms with Gasteiger partial charge < -0.3 is 14.2 Å². The zero-order valence-electron chi connectivity index (χ0n) is 62.8. The molecule has 3 nitrogen and oxygen atoms in total. The van der Waals surface area contributed by atoms with Crippen molar-refractivity contribution in [2.24, 2.45) is 0 Å². The molecule has 3 heterocycles. The highest BCUT2D eigenvalue weighted by atomic mass is 28.3. The van der Waals surface area contributed by atoms with Gasteiger partial charge in [0.1, 0.15) is 11.5 Å². The lowest BCUT2D eigenvalue weighted by molar-refractivity contribution is 0.487. The van der Waals surface area contributed by atoms with Gasteiger partial charge in [-0.1, -0.05) is 397 Å². The Morgan fingerprint density at radius 1 is 0.259 bits per heavy atom. The Balaban J connectivity index is 0.890. The standard InChI is InChI=1S/C106H79BN2OSi2/c1-106(2,3)83-60-63-100(95(70-83)77-40-18-7-19-41-77)109-101-62-59-80(76-38-16-6-17-39-76)68-97(101)107-96-61-58-81(69-103(96)110-104-72-84(71-102(109)105(104)107)108-98-56-30-28-54-93(98)94-55-29-31-57-99(94)108)82-66-91(111(85-44-20-8-21-45-85,86-46-22-9-23-47-86)89-52-32-42-78(64-89)74-34-12-4-13-35-74)73-92(67-82)112(87-48-24-10-25-49-87,88-50-26-11-27-51-88)90-53-33-43-79(65-90)75-36-14-5-15-37-75/h4-73H,1-3H3. The largest absolute Gasteiger partial charge is 0.458 e. The highest BCUT2D eigenvalue weighted by Gasteiger charge is 2.48. The highest BCUT2D eigenvalue weighted by Crippen LogP contribution is 2.48. The first-order valence-corrected chi connectivity index (χ1v) is 43.0. The van der Waals surface area contributed by atoms with Gasteiger partial charge in [0.15, 0.2) is 16.1 Å². The van der Waals surface area contributed by atoms with Gasteiger partial charge in [0.05, 0.1) is 22.4 Å². The van der Waals surface area contributed by atoms with Crippen LogP contribution in [0.4, 0.5) is 17.1 Å². The second kappa shape index (κ2) is 27.9. The summed E-state index contributed by atoms with van der Waals surface area (Å²) in [6.07, 6.45) is 0. The quantitative estimate of drug-likeness (QED) is 0.0752. The molecule has 18 aromatic rings. The summed E-state index contributed by atoms with van der Waals surface area (Å²) in [5.41, 5.74) is 22.7. The number of rotatable bonds is 15. The Morgan fingerprint density at radius 3 is 1.13 bits per heavy atom. The van der Waals surface area contributed by atoms with E-state index in [4.69, 9.17) is 4.74 Å². The molecule has 0 saturated heterocycles. The van der Waals surface area contributed by atoms with E-state index in [9.17, 15) is 0 Å². The van der Waals surface area contributed by atoms with Gasteiger partial charge in [0, 0.05) is 33.8 Å². The highest BCUT2D eigenvalue weighted by molar-refractivity contribution is 7.22. The Labute approximate surface area is 658 Å². The molecule has 0 radical (unpaired) electrons. The predicted octanol–water partition coefficient (Wildman–Crippen LogP) is 19.6. The van der Waals surface area contributed by atoms with E-state index in [0.29, 0.717) is 0 Å². The molecular formula is C106H79BN2OSi2. The summed E-state index contributed by atoms with van der Waals surface area (Å²) in [6, 6.07) is 161. The maximum absolute atomic E-state index is 8.04. The summed E-state index contributed by atoms with van der Waals surface area (Å²) >= 11 is 0. The van der Waals surface area contributed by atoms with Gasteiger partial charge in [-0.2, -0.15) is 0 Å². The van der Waals surface area contributed by atoms with E-state index in [1.54, 1.807) is 0 Å². The monoisotopic (exact) mass is 1460 g/mol. The summed E-state index contributed by atoms with van der Waals surface area (Å²) in [5, 5.41) is 12.8. The van der Waals surface area contributed by atoms with Crippen molar-refractivity contribution in [1.82, 2.24) is 4.57 Å². The Morgan fingerprint density at radius 2 is 0.652 bits per heavy atom. The number of hydrogen-bond donors (Lipinski definition) is 0. The van der Waals surface area contributed by atoms with Crippen LogP contribution < -0.4 is 67.5 Å². The molecule has 0 fully saturated rings. The minimum atomic E-state index is -3.43. The zero-order chi connectivity index (χ0) is 74.9. The van der Waals surface area contributed by atoms with Gasteiger partial charge in [0.25, 0.3) is 6.71 Å². The predicted molar refractivity (Wildman–Crippen MR) is 480 cm³/mol. The van der Waals surface area contributed by atoms with Gasteiger partial charge in [-0.3, -0.25) is 0 Å². The third-order valence-corrected chi connectivity index (χ3v) is 33.1. The average Bonchev–Trinajstić information content (AvgIpc) is 0.881. The lowest BCUT2D eigenvalue weighted by atomic mass is 9.34. The number of fused-ring (bicyclic) bond motifs is 7. The first-order valence-electron chi connectivity index (χ1n) is 39.0. The van der Waals surface area contributed by atoms with Crippen molar-refractivity contribution in [3.63, 3.8) is 0 Å². The lowest BCUT2D eigenvalue weighted by Gasteiger charge is -2.41. The van der Waals surface area contributed by atoms with Crippen molar-refractivity contribution in [3.8, 4) is 72.8 Å². The van der Waals surface area contributed by atoms with E-state index < -0.39 is 16.1 Å². The summed E-state index contributed by atoms with van der Waals surface area (Å²) in [5.74, 6) is 1.65. The van der Waals surface area contributed by atoms with E-state index in [2.05, 4.69) is 455 Å². The minimum Gasteiger partial charge on any atom is -0.458 e. The molecule has 1 aromatic heterocycles. The molecule has 0 bridgehead atoms. The van der Waals surface area contributed by atoms with E-state index in [0.717, 1.165) is 89.6 Å². The van der Waals surface area contributed by atoms with Crippen molar-refractivity contribution in [1.29, 1.82) is 0 Å². The fourth-order valence-electron chi connectivity index (χ4n) is 18.5. The second-order valence-corrected chi connectivity index (χ2v) is 38.6. The Kier molecular flexibility index (Phi) is 17.0. The normalized spacial score (nSPS) is 12.5. The third-order valence-electron chi connectivity index (χ3n) is 23.7. The average molecular weight is 1460 g/mol. The Bertz CT molecular complexity index is 6250. The van der Waals surface area contributed by atoms with Gasteiger partial charge in [-0.05, 0) is 161 Å². The van der Waals surface area contributed by atoms with Crippen molar-refractivity contribution < 1.29 is 4.74 Å². The Hall–Kier alpha value is -13.4. The number of benzene rings is 17. The number of ether oxygens (including phenoxy) is 1. The fourth-order valence-corrected chi connectivity index (χ4v) is 28.3. The van der Waals surface area contributed by atoms with Gasteiger partial charge in [-0.15, -0.1) is 0 Å². The molecule has 20 rings (SSSR count). The molecule has 0 aliphatic carbocycles. The molecule has 2 aliphatic rings. The molecule has 112 heavy (non-hydrogen) atoms. The molecule has 530 valence electrons.